The van der Waals surface area contributed by atoms with Crippen LogP contribution in [0.2, 0.25) is 0 Å². The quantitative estimate of drug-likeness (QED) is 0.827. The summed E-state index contributed by atoms with van der Waals surface area (Å²) in [5, 5.41) is 0. The van der Waals surface area contributed by atoms with Crippen LogP contribution in [0, 0.1) is 17.8 Å². The monoisotopic (exact) mass is 273 g/mol. The van der Waals surface area contributed by atoms with E-state index in [1.54, 1.807) is 0 Å². The van der Waals surface area contributed by atoms with Gasteiger partial charge in [0.25, 0.3) is 0 Å². The number of benzene rings is 1. The highest BCUT2D eigenvalue weighted by Crippen LogP contribution is 2.45. The third kappa shape index (κ3) is 2.18. The standard InChI is InChI=1S/C17H23NO2/c1-12-8-13-9-18(7-6-15(12)13)10-14-11-19-16-4-2-3-5-17(16)20-14/h2-5,12-15H,6-11H2,1H3/t12?,13?,14?,15-/m1/s1. The van der Waals surface area contributed by atoms with Gasteiger partial charge in [-0.1, -0.05) is 19.1 Å². The Kier molecular flexibility index (Phi) is 3.10. The average Bonchev–Trinajstić information content (AvgIpc) is 2.46. The van der Waals surface area contributed by atoms with Crippen molar-refractivity contribution >= 4 is 0 Å². The minimum Gasteiger partial charge on any atom is -0.486 e. The molecule has 0 aromatic heterocycles. The highest BCUT2D eigenvalue weighted by atomic mass is 16.6. The maximum Gasteiger partial charge on any atom is 0.161 e. The molecule has 4 rings (SSSR count). The molecule has 108 valence electrons. The van der Waals surface area contributed by atoms with E-state index in [4.69, 9.17) is 9.47 Å². The van der Waals surface area contributed by atoms with Gasteiger partial charge in [-0.05, 0) is 49.3 Å². The van der Waals surface area contributed by atoms with Gasteiger partial charge >= 0.3 is 0 Å². The molecule has 0 amide bonds. The molecule has 3 nitrogen and oxygen atoms in total. The summed E-state index contributed by atoms with van der Waals surface area (Å²) >= 11 is 0. The van der Waals surface area contributed by atoms with Crippen LogP contribution in [0.5, 0.6) is 11.5 Å². The molecular weight excluding hydrogens is 250 g/mol. The summed E-state index contributed by atoms with van der Waals surface area (Å²) in [6, 6.07) is 7.98. The number of piperidine rings is 1. The Morgan fingerprint density at radius 1 is 1.25 bits per heavy atom. The van der Waals surface area contributed by atoms with Crippen LogP contribution in [0.4, 0.5) is 0 Å². The van der Waals surface area contributed by atoms with E-state index in [-0.39, 0.29) is 6.10 Å². The first-order valence-corrected chi connectivity index (χ1v) is 7.90. The summed E-state index contributed by atoms with van der Waals surface area (Å²) in [7, 11) is 0. The van der Waals surface area contributed by atoms with E-state index in [1.807, 2.05) is 24.3 Å². The minimum absolute atomic E-state index is 0.180. The first kappa shape index (κ1) is 12.5. The van der Waals surface area contributed by atoms with Crippen molar-refractivity contribution < 1.29 is 9.47 Å². The fourth-order valence-corrected chi connectivity index (χ4v) is 4.19. The van der Waals surface area contributed by atoms with Crippen LogP contribution >= 0.6 is 0 Å². The Labute approximate surface area is 120 Å². The van der Waals surface area contributed by atoms with Crippen molar-refractivity contribution in [3.63, 3.8) is 0 Å². The predicted molar refractivity (Wildman–Crippen MR) is 78.2 cm³/mol. The summed E-state index contributed by atoms with van der Waals surface area (Å²) in [6.45, 7) is 6.58. The van der Waals surface area contributed by atoms with Crippen LogP contribution in [-0.2, 0) is 0 Å². The first-order valence-electron chi connectivity index (χ1n) is 7.90. The fraction of sp³-hybridized carbons (Fsp3) is 0.647. The van der Waals surface area contributed by atoms with Gasteiger partial charge in [0.1, 0.15) is 12.7 Å². The molecule has 2 heterocycles. The van der Waals surface area contributed by atoms with Crippen molar-refractivity contribution in [2.75, 3.05) is 26.2 Å². The van der Waals surface area contributed by atoms with Crippen LogP contribution in [-0.4, -0.2) is 37.2 Å². The van der Waals surface area contributed by atoms with Gasteiger partial charge in [-0.25, -0.2) is 0 Å². The molecule has 1 saturated heterocycles. The van der Waals surface area contributed by atoms with Crippen LogP contribution in [0.25, 0.3) is 0 Å². The molecule has 1 aromatic carbocycles. The fourth-order valence-electron chi connectivity index (χ4n) is 4.19. The second kappa shape index (κ2) is 4.96. The predicted octanol–water partition coefficient (Wildman–Crippen LogP) is 2.80. The topological polar surface area (TPSA) is 21.7 Å². The molecule has 1 saturated carbocycles. The highest BCUT2D eigenvalue weighted by Gasteiger charge is 2.41. The maximum absolute atomic E-state index is 6.07. The van der Waals surface area contributed by atoms with Crippen LogP contribution in [0.3, 0.4) is 0 Å². The lowest BCUT2D eigenvalue weighted by Crippen LogP contribution is -2.52. The average molecular weight is 273 g/mol. The Morgan fingerprint density at radius 3 is 2.90 bits per heavy atom. The molecule has 3 aliphatic rings. The van der Waals surface area contributed by atoms with Crippen molar-refractivity contribution in [2.24, 2.45) is 17.8 Å². The van der Waals surface area contributed by atoms with E-state index < -0.39 is 0 Å². The van der Waals surface area contributed by atoms with E-state index in [0.717, 1.165) is 35.8 Å². The third-order valence-electron chi connectivity index (χ3n) is 5.31. The summed E-state index contributed by atoms with van der Waals surface area (Å²) in [5.74, 6) is 4.68. The zero-order valence-electron chi connectivity index (χ0n) is 12.1. The van der Waals surface area contributed by atoms with Crippen molar-refractivity contribution in [1.29, 1.82) is 0 Å². The Bertz CT molecular complexity index is 490. The number of hydrogen-bond donors (Lipinski definition) is 0. The molecule has 20 heavy (non-hydrogen) atoms. The summed E-state index contributed by atoms with van der Waals surface area (Å²) in [5.41, 5.74) is 0. The van der Waals surface area contributed by atoms with Gasteiger partial charge in [0.2, 0.25) is 0 Å². The largest absolute Gasteiger partial charge is 0.486 e. The summed E-state index contributed by atoms with van der Waals surface area (Å²) < 4.78 is 11.9. The van der Waals surface area contributed by atoms with Gasteiger partial charge in [0.15, 0.2) is 11.5 Å². The number of hydrogen-bond acceptors (Lipinski definition) is 3. The zero-order chi connectivity index (χ0) is 13.5. The van der Waals surface area contributed by atoms with Crippen LogP contribution in [0.15, 0.2) is 24.3 Å². The van der Waals surface area contributed by atoms with Gasteiger partial charge in [-0.3, -0.25) is 4.90 Å². The molecule has 0 spiro atoms. The molecule has 3 heteroatoms. The Balaban J connectivity index is 1.35. The molecule has 2 fully saturated rings. The van der Waals surface area contributed by atoms with E-state index in [0.29, 0.717) is 6.61 Å². The molecule has 1 aromatic rings. The maximum atomic E-state index is 6.07. The molecule has 0 radical (unpaired) electrons. The van der Waals surface area contributed by atoms with Crippen molar-refractivity contribution in [3.8, 4) is 11.5 Å². The smallest absolute Gasteiger partial charge is 0.161 e. The Morgan fingerprint density at radius 2 is 2.10 bits per heavy atom. The van der Waals surface area contributed by atoms with E-state index in [9.17, 15) is 0 Å². The van der Waals surface area contributed by atoms with Gasteiger partial charge in [-0.2, -0.15) is 0 Å². The van der Waals surface area contributed by atoms with E-state index >= 15 is 0 Å². The molecule has 2 aliphatic heterocycles. The van der Waals surface area contributed by atoms with Crippen molar-refractivity contribution in [1.82, 2.24) is 4.90 Å². The molecule has 1 aliphatic carbocycles. The summed E-state index contributed by atoms with van der Waals surface area (Å²) in [6.07, 6.45) is 2.97. The van der Waals surface area contributed by atoms with Crippen molar-refractivity contribution in [3.05, 3.63) is 24.3 Å². The Hall–Kier alpha value is -1.22. The van der Waals surface area contributed by atoms with Gasteiger partial charge in [-0.15, -0.1) is 0 Å². The van der Waals surface area contributed by atoms with E-state index in [1.165, 1.54) is 25.9 Å². The second-order valence-corrected chi connectivity index (χ2v) is 6.68. The SMILES string of the molecule is CC1CC2CN(CC3COc4ccccc4O3)CC[C@H]12. The molecular formula is C17H23NO2. The minimum atomic E-state index is 0.180. The zero-order valence-corrected chi connectivity index (χ0v) is 12.1. The van der Waals surface area contributed by atoms with Gasteiger partial charge < -0.3 is 9.47 Å². The number of para-hydroxylation sites is 2. The van der Waals surface area contributed by atoms with Gasteiger partial charge in [0, 0.05) is 13.1 Å². The normalized spacial score (nSPS) is 36.0. The van der Waals surface area contributed by atoms with Crippen LogP contribution < -0.4 is 9.47 Å². The number of fused-ring (bicyclic) bond motifs is 2. The van der Waals surface area contributed by atoms with Crippen molar-refractivity contribution in [2.45, 2.75) is 25.9 Å². The number of rotatable bonds is 2. The number of ether oxygens (including phenoxy) is 2. The molecule has 3 unspecified atom stereocenters. The molecule has 0 N–H and O–H groups in total. The first-order chi connectivity index (χ1) is 9.79. The third-order valence-corrected chi connectivity index (χ3v) is 5.31. The summed E-state index contributed by atoms with van der Waals surface area (Å²) in [4.78, 5) is 2.58. The molecule has 4 atom stereocenters. The van der Waals surface area contributed by atoms with E-state index in [2.05, 4.69) is 11.8 Å². The highest BCUT2D eigenvalue weighted by molar-refractivity contribution is 5.40. The van der Waals surface area contributed by atoms with Crippen LogP contribution in [0.1, 0.15) is 19.8 Å². The van der Waals surface area contributed by atoms with Gasteiger partial charge in [0.05, 0.1) is 0 Å². The lowest BCUT2D eigenvalue weighted by atomic mass is 9.62. The molecule has 0 bridgehead atoms. The lowest BCUT2D eigenvalue weighted by Gasteiger charge is -2.50. The number of likely N-dealkylation sites (tertiary alicyclic amines) is 1. The second-order valence-electron chi connectivity index (χ2n) is 6.68. The number of nitrogens with zero attached hydrogens (tertiary/aromatic N) is 1. The lowest BCUT2D eigenvalue weighted by molar-refractivity contribution is -0.0246.